The Bertz CT molecular complexity index is 1030. The number of anilines is 1. The van der Waals surface area contributed by atoms with Crippen LogP contribution in [-0.2, 0) is 20.2 Å². The summed E-state index contributed by atoms with van der Waals surface area (Å²) < 4.78 is 33.0. The van der Waals surface area contributed by atoms with Gasteiger partial charge < -0.3 is 4.74 Å². The molecule has 0 saturated carbocycles. The zero-order valence-corrected chi connectivity index (χ0v) is 18.5. The second-order valence-corrected chi connectivity index (χ2v) is 9.36. The van der Waals surface area contributed by atoms with Gasteiger partial charge in [0.2, 0.25) is 0 Å². The predicted octanol–water partition coefficient (Wildman–Crippen LogP) is 3.48. The van der Waals surface area contributed by atoms with Gasteiger partial charge in [0.1, 0.15) is 0 Å². The van der Waals surface area contributed by atoms with Gasteiger partial charge in [-0.1, -0.05) is 32.9 Å². The fourth-order valence-electron chi connectivity index (χ4n) is 2.60. The van der Waals surface area contributed by atoms with Crippen LogP contribution in [0.2, 0.25) is 0 Å². The van der Waals surface area contributed by atoms with E-state index in [0.717, 1.165) is 5.56 Å². The molecule has 8 nitrogen and oxygen atoms in total. The van der Waals surface area contributed by atoms with Crippen molar-refractivity contribution in [2.75, 3.05) is 11.3 Å². The smallest absolute Gasteiger partial charge is 0.426 e. The number of rotatable bonds is 5. The Morgan fingerprint density at radius 3 is 2.20 bits per heavy atom. The topological polar surface area (TPSA) is 114 Å². The van der Waals surface area contributed by atoms with E-state index in [0.29, 0.717) is 11.3 Å². The first-order valence-electron chi connectivity index (χ1n) is 9.41. The first-order valence-corrected chi connectivity index (χ1v) is 10.9. The van der Waals surface area contributed by atoms with Crippen LogP contribution < -0.4 is 15.6 Å². The highest BCUT2D eigenvalue weighted by Crippen LogP contribution is 2.27. The van der Waals surface area contributed by atoms with Gasteiger partial charge in [0, 0.05) is 11.3 Å². The summed E-state index contributed by atoms with van der Waals surface area (Å²) in [6, 6.07) is 11.2. The Kier molecular flexibility index (Phi) is 7.09. The van der Waals surface area contributed by atoms with Gasteiger partial charge in [-0.3, -0.25) is 14.9 Å². The molecule has 3 N–H and O–H groups in total. The molecule has 0 aliphatic carbocycles. The average molecular weight is 434 g/mol. The highest BCUT2D eigenvalue weighted by Gasteiger charge is 2.21. The molecule has 0 heterocycles. The van der Waals surface area contributed by atoms with E-state index in [2.05, 4.69) is 20.3 Å². The Morgan fingerprint density at radius 2 is 1.63 bits per heavy atom. The Labute approximate surface area is 177 Å². The Morgan fingerprint density at radius 1 is 1.00 bits per heavy atom. The first kappa shape index (κ1) is 23.2. The average Bonchev–Trinajstić information content (AvgIpc) is 2.66. The van der Waals surface area contributed by atoms with Gasteiger partial charge in [-0.2, -0.15) is 0 Å². The van der Waals surface area contributed by atoms with E-state index in [1.165, 1.54) is 24.3 Å². The van der Waals surface area contributed by atoms with Crippen LogP contribution >= 0.6 is 0 Å². The molecule has 0 saturated heterocycles. The number of benzene rings is 2. The number of amides is 2. The molecule has 162 valence electrons. The maximum atomic E-state index is 12.9. The number of nitrogens with one attached hydrogen (secondary N) is 3. The molecule has 0 bridgehead atoms. The summed E-state index contributed by atoms with van der Waals surface area (Å²) in [6.07, 6.45) is -0.775. The molecule has 0 aliphatic heterocycles. The van der Waals surface area contributed by atoms with E-state index in [-0.39, 0.29) is 22.5 Å². The van der Waals surface area contributed by atoms with Crippen molar-refractivity contribution in [3.05, 3.63) is 59.2 Å². The summed E-state index contributed by atoms with van der Waals surface area (Å²) in [5, 5.41) is 0. The van der Waals surface area contributed by atoms with E-state index in [1.807, 2.05) is 26.8 Å². The molecule has 2 rings (SSSR count). The maximum absolute atomic E-state index is 12.9. The zero-order valence-electron chi connectivity index (χ0n) is 17.7. The molecule has 0 aromatic heterocycles. The molecular weight excluding hydrogens is 406 g/mol. The van der Waals surface area contributed by atoms with Crippen molar-refractivity contribution < 1.29 is 22.7 Å². The number of sulfonamides is 1. The van der Waals surface area contributed by atoms with Gasteiger partial charge in [0.05, 0.1) is 11.5 Å². The molecular formula is C21H27N3O5S. The summed E-state index contributed by atoms with van der Waals surface area (Å²) >= 11 is 0. The number of hydrazine groups is 1. The fraction of sp³-hybridized carbons (Fsp3) is 0.333. The lowest BCUT2D eigenvalue weighted by molar-refractivity contribution is 0.0912. The van der Waals surface area contributed by atoms with Crippen LogP contribution in [0.5, 0.6) is 0 Å². The van der Waals surface area contributed by atoms with Crippen molar-refractivity contribution >= 4 is 27.7 Å². The van der Waals surface area contributed by atoms with Crippen molar-refractivity contribution in [3.8, 4) is 0 Å². The van der Waals surface area contributed by atoms with E-state index in [4.69, 9.17) is 0 Å². The lowest BCUT2D eigenvalue weighted by atomic mass is 9.87. The molecule has 30 heavy (non-hydrogen) atoms. The molecule has 2 aromatic carbocycles. The maximum Gasteiger partial charge on any atom is 0.426 e. The number of hydrogen-bond donors (Lipinski definition) is 3. The Balaban J connectivity index is 2.15. The van der Waals surface area contributed by atoms with Crippen LogP contribution in [0.25, 0.3) is 0 Å². The van der Waals surface area contributed by atoms with E-state index in [1.54, 1.807) is 26.0 Å². The van der Waals surface area contributed by atoms with E-state index in [9.17, 15) is 18.0 Å². The van der Waals surface area contributed by atoms with Crippen molar-refractivity contribution in [3.63, 3.8) is 0 Å². The molecule has 0 fully saturated rings. The molecule has 2 amide bonds. The standard InChI is InChI=1S/C21H27N3O5S/c1-6-29-20(26)23-22-19(25)15-8-11-17(12-9-15)24-30(27,28)18-13-16(21(3,4)5)10-7-14(18)2/h7-13,24H,6H2,1-5H3,(H,22,25)(H,23,26). The van der Waals surface area contributed by atoms with Crippen LogP contribution in [0.15, 0.2) is 47.4 Å². The van der Waals surface area contributed by atoms with Crippen LogP contribution in [0, 0.1) is 6.92 Å². The van der Waals surface area contributed by atoms with E-state index >= 15 is 0 Å². The molecule has 0 radical (unpaired) electrons. The zero-order chi connectivity index (χ0) is 22.5. The monoisotopic (exact) mass is 433 g/mol. The third-order valence-corrected chi connectivity index (χ3v) is 5.82. The van der Waals surface area contributed by atoms with Crippen molar-refractivity contribution in [2.24, 2.45) is 0 Å². The van der Waals surface area contributed by atoms with Gasteiger partial charge in [-0.15, -0.1) is 0 Å². The minimum absolute atomic E-state index is 0.175. The Hall–Kier alpha value is -3.07. The minimum Gasteiger partial charge on any atom is -0.449 e. The van der Waals surface area contributed by atoms with E-state index < -0.39 is 22.0 Å². The third-order valence-electron chi connectivity index (χ3n) is 4.30. The highest BCUT2D eigenvalue weighted by atomic mass is 32.2. The molecule has 9 heteroatoms. The second kappa shape index (κ2) is 9.17. The van der Waals surface area contributed by atoms with Gasteiger partial charge in [0.15, 0.2) is 0 Å². The highest BCUT2D eigenvalue weighted by molar-refractivity contribution is 7.92. The first-order chi connectivity index (χ1) is 13.9. The quantitative estimate of drug-likeness (QED) is 0.625. The third kappa shape index (κ3) is 5.96. The summed E-state index contributed by atoms with van der Waals surface area (Å²) in [5.41, 5.74) is 6.22. The number of hydrogen-bond acceptors (Lipinski definition) is 5. The number of carbonyl (C=O) groups excluding carboxylic acids is 2. The van der Waals surface area contributed by atoms with Gasteiger partial charge in [-0.25, -0.2) is 18.6 Å². The largest absolute Gasteiger partial charge is 0.449 e. The van der Waals surface area contributed by atoms with Crippen LogP contribution in [-0.4, -0.2) is 27.0 Å². The number of aryl methyl sites for hydroxylation is 1. The lowest BCUT2D eigenvalue weighted by Crippen LogP contribution is -2.41. The normalized spacial score (nSPS) is 11.5. The van der Waals surface area contributed by atoms with Gasteiger partial charge >= 0.3 is 6.09 Å². The number of ether oxygens (including phenoxy) is 1. The summed E-state index contributed by atoms with van der Waals surface area (Å²) in [7, 11) is -3.81. The van der Waals surface area contributed by atoms with Crippen LogP contribution in [0.1, 0.15) is 49.2 Å². The SMILES string of the molecule is CCOC(=O)NNC(=O)c1ccc(NS(=O)(=O)c2cc(C(C)(C)C)ccc2C)cc1. The summed E-state index contributed by atoms with van der Waals surface area (Å²) in [5.74, 6) is -0.564. The minimum atomic E-state index is -3.81. The fourth-order valence-corrected chi connectivity index (χ4v) is 3.93. The van der Waals surface area contributed by atoms with Crippen molar-refractivity contribution in [1.82, 2.24) is 10.9 Å². The van der Waals surface area contributed by atoms with Gasteiger partial charge in [0.25, 0.3) is 15.9 Å². The molecule has 2 aromatic rings. The second-order valence-electron chi connectivity index (χ2n) is 7.71. The van der Waals surface area contributed by atoms with Crippen molar-refractivity contribution in [2.45, 2.75) is 44.9 Å². The summed E-state index contributed by atoms with van der Waals surface area (Å²) in [4.78, 5) is 23.4. The van der Waals surface area contributed by atoms with Crippen molar-refractivity contribution in [1.29, 1.82) is 0 Å². The van der Waals surface area contributed by atoms with Crippen LogP contribution in [0.4, 0.5) is 10.5 Å². The molecule has 0 atom stereocenters. The van der Waals surface area contributed by atoms with Gasteiger partial charge in [-0.05, 0) is 60.7 Å². The molecule has 0 aliphatic rings. The predicted molar refractivity (Wildman–Crippen MR) is 115 cm³/mol. The van der Waals surface area contributed by atoms with Crippen LogP contribution in [0.3, 0.4) is 0 Å². The molecule has 0 spiro atoms. The summed E-state index contributed by atoms with van der Waals surface area (Å²) in [6.45, 7) is 9.61. The number of carbonyl (C=O) groups is 2. The molecule has 0 unspecified atom stereocenters. The lowest BCUT2D eigenvalue weighted by Gasteiger charge is -2.21.